The molecule has 0 aliphatic rings. The van der Waals surface area contributed by atoms with Crippen LogP contribution in [0.3, 0.4) is 0 Å². The Kier molecular flexibility index (Phi) is 12.9. The molecule has 0 radical (unpaired) electrons. The van der Waals surface area contributed by atoms with E-state index < -0.39 is 8.80 Å². The molecule has 0 bridgehead atoms. The summed E-state index contributed by atoms with van der Waals surface area (Å²) in [7, 11) is -2.62. The molecule has 150 valence electrons. The van der Waals surface area contributed by atoms with E-state index in [1.807, 2.05) is 19.9 Å². The lowest BCUT2D eigenvalue weighted by Gasteiger charge is -2.32. The van der Waals surface area contributed by atoms with Crippen molar-refractivity contribution in [2.24, 2.45) is 0 Å². The van der Waals surface area contributed by atoms with Crippen LogP contribution in [-0.4, -0.2) is 22.0 Å². The predicted molar refractivity (Wildman–Crippen MR) is 112 cm³/mol. The van der Waals surface area contributed by atoms with Gasteiger partial charge in [-0.2, -0.15) is 0 Å². The van der Waals surface area contributed by atoms with Crippen molar-refractivity contribution in [1.82, 2.24) is 0 Å². The molecule has 26 heavy (non-hydrogen) atoms. The lowest BCUT2D eigenvalue weighted by Crippen LogP contribution is -2.46. The molecule has 0 saturated heterocycles. The minimum atomic E-state index is -2.62. The third kappa shape index (κ3) is 9.31. The first-order valence-corrected chi connectivity index (χ1v) is 12.6. The fourth-order valence-electron chi connectivity index (χ4n) is 3.29. The highest BCUT2D eigenvalue weighted by atomic mass is 28.4. The molecular weight excluding hydrogens is 340 g/mol. The Balaban J connectivity index is 2.51. The topological polar surface area (TPSA) is 27.7 Å². The minimum Gasteiger partial charge on any atom is -0.374 e. The second-order valence-electron chi connectivity index (χ2n) is 6.94. The standard InChI is InChI=1S/C22H40O3Si/c1-5-8-9-10-11-12-13-17-20-26(23-6-2,24-7-3)25-21(4)22-18-15-14-16-19-22/h14-16,18-19,21H,5-13,17,20H2,1-4H3. The van der Waals surface area contributed by atoms with Crippen LogP contribution in [0.15, 0.2) is 30.3 Å². The Morgan fingerprint density at radius 3 is 1.85 bits per heavy atom. The van der Waals surface area contributed by atoms with Gasteiger partial charge < -0.3 is 13.3 Å². The van der Waals surface area contributed by atoms with E-state index in [9.17, 15) is 0 Å². The molecule has 1 unspecified atom stereocenters. The molecule has 1 aromatic carbocycles. The summed E-state index contributed by atoms with van der Waals surface area (Å²) in [5, 5.41) is 0. The fourth-order valence-corrected chi connectivity index (χ4v) is 6.15. The van der Waals surface area contributed by atoms with Crippen molar-refractivity contribution in [3.63, 3.8) is 0 Å². The molecule has 1 aromatic rings. The van der Waals surface area contributed by atoms with Crippen LogP contribution in [0.25, 0.3) is 0 Å². The molecule has 0 aliphatic heterocycles. The first-order chi connectivity index (χ1) is 12.7. The van der Waals surface area contributed by atoms with Gasteiger partial charge in [0, 0.05) is 19.3 Å². The zero-order valence-electron chi connectivity index (χ0n) is 17.5. The zero-order chi connectivity index (χ0) is 19.1. The number of unbranched alkanes of at least 4 members (excludes halogenated alkanes) is 7. The van der Waals surface area contributed by atoms with Gasteiger partial charge in [0.2, 0.25) is 0 Å². The molecule has 0 heterocycles. The van der Waals surface area contributed by atoms with Gasteiger partial charge in [-0.3, -0.25) is 0 Å². The van der Waals surface area contributed by atoms with Crippen molar-refractivity contribution in [3.05, 3.63) is 35.9 Å². The van der Waals surface area contributed by atoms with Gasteiger partial charge in [-0.1, -0.05) is 82.2 Å². The quantitative estimate of drug-likeness (QED) is 0.230. The van der Waals surface area contributed by atoms with Gasteiger partial charge in [0.05, 0.1) is 6.10 Å². The summed E-state index contributed by atoms with van der Waals surface area (Å²) in [5.41, 5.74) is 1.18. The molecule has 0 fully saturated rings. The van der Waals surface area contributed by atoms with Crippen molar-refractivity contribution < 1.29 is 13.3 Å². The van der Waals surface area contributed by atoms with Crippen LogP contribution in [0.2, 0.25) is 6.04 Å². The molecule has 1 atom stereocenters. The van der Waals surface area contributed by atoms with E-state index in [-0.39, 0.29) is 6.10 Å². The summed E-state index contributed by atoms with van der Waals surface area (Å²) in [4.78, 5) is 0. The maximum atomic E-state index is 6.46. The molecule has 0 saturated carbocycles. The van der Waals surface area contributed by atoms with E-state index in [0.717, 1.165) is 12.5 Å². The fraction of sp³-hybridized carbons (Fsp3) is 0.727. The Bertz CT molecular complexity index is 432. The van der Waals surface area contributed by atoms with Crippen molar-refractivity contribution >= 4 is 8.80 Å². The maximum Gasteiger partial charge on any atom is 0.501 e. The first-order valence-electron chi connectivity index (χ1n) is 10.7. The molecule has 0 aromatic heterocycles. The summed E-state index contributed by atoms with van der Waals surface area (Å²) in [6, 6.07) is 11.3. The van der Waals surface area contributed by atoms with Crippen LogP contribution in [0, 0.1) is 0 Å². The van der Waals surface area contributed by atoms with Gasteiger partial charge in [-0.25, -0.2) is 0 Å². The average molecular weight is 381 g/mol. The summed E-state index contributed by atoms with van der Waals surface area (Å²) < 4.78 is 18.7. The Hall–Kier alpha value is -0.683. The summed E-state index contributed by atoms with van der Waals surface area (Å²) in [6.07, 6.45) is 10.4. The van der Waals surface area contributed by atoms with Gasteiger partial charge >= 0.3 is 8.80 Å². The van der Waals surface area contributed by atoms with E-state index in [2.05, 4.69) is 38.1 Å². The normalized spacial score (nSPS) is 13.1. The van der Waals surface area contributed by atoms with Crippen LogP contribution < -0.4 is 0 Å². The van der Waals surface area contributed by atoms with Gasteiger partial charge in [0.25, 0.3) is 0 Å². The third-order valence-corrected chi connectivity index (χ3v) is 7.83. The van der Waals surface area contributed by atoms with E-state index in [1.54, 1.807) is 0 Å². The van der Waals surface area contributed by atoms with Crippen molar-refractivity contribution in [2.75, 3.05) is 13.2 Å². The molecule has 3 nitrogen and oxygen atoms in total. The summed E-state index contributed by atoms with van der Waals surface area (Å²) in [6.45, 7) is 9.72. The first kappa shape index (κ1) is 23.4. The van der Waals surface area contributed by atoms with Crippen molar-refractivity contribution in [2.45, 2.75) is 91.2 Å². The van der Waals surface area contributed by atoms with Crippen LogP contribution in [0.4, 0.5) is 0 Å². The van der Waals surface area contributed by atoms with E-state index in [1.165, 1.54) is 50.5 Å². The molecule has 4 heteroatoms. The van der Waals surface area contributed by atoms with Crippen LogP contribution in [0.1, 0.15) is 90.7 Å². The van der Waals surface area contributed by atoms with E-state index in [0.29, 0.717) is 13.2 Å². The Labute approximate surface area is 162 Å². The second kappa shape index (κ2) is 14.4. The van der Waals surface area contributed by atoms with Gasteiger partial charge in [0.15, 0.2) is 0 Å². The van der Waals surface area contributed by atoms with Crippen molar-refractivity contribution in [3.8, 4) is 0 Å². The molecule has 0 spiro atoms. The smallest absolute Gasteiger partial charge is 0.374 e. The van der Waals surface area contributed by atoms with Gasteiger partial charge in [-0.15, -0.1) is 0 Å². The average Bonchev–Trinajstić information content (AvgIpc) is 2.65. The van der Waals surface area contributed by atoms with E-state index >= 15 is 0 Å². The van der Waals surface area contributed by atoms with Crippen molar-refractivity contribution in [1.29, 1.82) is 0 Å². The molecule has 0 amide bonds. The van der Waals surface area contributed by atoms with Crippen LogP contribution in [-0.2, 0) is 13.3 Å². The monoisotopic (exact) mass is 380 g/mol. The number of rotatable bonds is 16. The Morgan fingerprint density at radius 2 is 1.31 bits per heavy atom. The van der Waals surface area contributed by atoms with Gasteiger partial charge in [-0.05, 0) is 32.8 Å². The van der Waals surface area contributed by atoms with E-state index in [4.69, 9.17) is 13.3 Å². The molecule has 1 rings (SSSR count). The summed E-state index contributed by atoms with van der Waals surface area (Å²) >= 11 is 0. The third-order valence-electron chi connectivity index (χ3n) is 4.69. The number of benzene rings is 1. The number of hydrogen-bond acceptors (Lipinski definition) is 3. The molecular formula is C22H40O3Si. The zero-order valence-corrected chi connectivity index (χ0v) is 18.5. The lowest BCUT2D eigenvalue weighted by molar-refractivity contribution is 0.0372. The van der Waals surface area contributed by atoms with Crippen LogP contribution in [0.5, 0.6) is 0 Å². The Morgan fingerprint density at radius 1 is 0.769 bits per heavy atom. The number of hydrogen-bond donors (Lipinski definition) is 0. The maximum absolute atomic E-state index is 6.46. The largest absolute Gasteiger partial charge is 0.501 e. The highest BCUT2D eigenvalue weighted by Crippen LogP contribution is 2.28. The SMILES string of the molecule is CCCCCCCCCC[Si](OCC)(OCC)OC(C)c1ccccc1. The minimum absolute atomic E-state index is 0.00462. The highest BCUT2D eigenvalue weighted by molar-refractivity contribution is 6.60. The second-order valence-corrected chi connectivity index (χ2v) is 9.62. The predicted octanol–water partition coefficient (Wildman–Crippen LogP) is 6.92. The van der Waals surface area contributed by atoms with Gasteiger partial charge in [0.1, 0.15) is 0 Å². The van der Waals surface area contributed by atoms with Crippen LogP contribution >= 0.6 is 0 Å². The lowest BCUT2D eigenvalue weighted by atomic mass is 10.1. The summed E-state index contributed by atoms with van der Waals surface area (Å²) in [5.74, 6) is 0. The molecule has 0 N–H and O–H groups in total. The molecule has 0 aliphatic carbocycles. The highest BCUT2D eigenvalue weighted by Gasteiger charge is 2.41.